The van der Waals surface area contributed by atoms with Crippen LogP contribution in [0.2, 0.25) is 5.02 Å². The molecule has 0 bridgehead atoms. The number of fused-ring (bicyclic) bond motifs is 1. The molecule has 0 fully saturated rings. The minimum atomic E-state index is 0. The van der Waals surface area contributed by atoms with Crippen LogP contribution in [0.4, 0.5) is 0 Å². The van der Waals surface area contributed by atoms with E-state index in [0.717, 1.165) is 37.3 Å². The van der Waals surface area contributed by atoms with Crippen molar-refractivity contribution in [3.05, 3.63) is 64.5 Å². The summed E-state index contributed by atoms with van der Waals surface area (Å²) in [7, 11) is 1.73. The van der Waals surface area contributed by atoms with Gasteiger partial charge < -0.3 is 19.9 Å². The summed E-state index contributed by atoms with van der Waals surface area (Å²) < 4.78 is 10.9. The monoisotopic (exact) mass is 539 g/mol. The van der Waals surface area contributed by atoms with Gasteiger partial charge in [-0.1, -0.05) is 41.0 Å². The van der Waals surface area contributed by atoms with Gasteiger partial charge in [0.1, 0.15) is 5.75 Å². The predicted octanol–water partition coefficient (Wildman–Crippen LogP) is 3.85. The number of benzene rings is 2. The molecule has 4 rings (SSSR count). The lowest BCUT2D eigenvalue weighted by Crippen LogP contribution is -2.37. The van der Waals surface area contributed by atoms with Crippen LogP contribution in [0.3, 0.4) is 0 Å². The molecule has 0 saturated carbocycles. The second-order valence-corrected chi connectivity index (χ2v) is 7.10. The topological polar surface area (TPSA) is 84.6 Å². The SMILES string of the molecule is CN=C(NCCc1ccc2c(c1)CCO2)NCc1nc(-c2cccc(Cl)c2)no1.I. The molecule has 0 saturated heterocycles. The van der Waals surface area contributed by atoms with Gasteiger partial charge in [0.2, 0.25) is 11.7 Å². The molecule has 0 amide bonds. The maximum Gasteiger partial charge on any atom is 0.246 e. The maximum absolute atomic E-state index is 6.01. The summed E-state index contributed by atoms with van der Waals surface area (Å²) in [5, 5.41) is 11.1. The Morgan fingerprint density at radius 1 is 1.20 bits per heavy atom. The third kappa shape index (κ3) is 5.63. The van der Waals surface area contributed by atoms with Crippen LogP contribution in [-0.4, -0.2) is 36.3 Å². The highest BCUT2D eigenvalue weighted by molar-refractivity contribution is 14.0. The van der Waals surface area contributed by atoms with Gasteiger partial charge in [-0.2, -0.15) is 4.98 Å². The van der Waals surface area contributed by atoms with Crippen molar-refractivity contribution in [1.29, 1.82) is 0 Å². The molecule has 1 aliphatic rings. The van der Waals surface area contributed by atoms with E-state index in [1.807, 2.05) is 12.1 Å². The van der Waals surface area contributed by atoms with Crippen LogP contribution < -0.4 is 15.4 Å². The molecule has 1 aromatic heterocycles. The highest BCUT2D eigenvalue weighted by Gasteiger charge is 2.12. The zero-order chi connectivity index (χ0) is 20.1. The second kappa shape index (κ2) is 10.6. The standard InChI is InChI=1S/C21H22ClN5O2.HI/c1-23-21(24-9-7-14-5-6-18-15(11-14)8-10-28-18)25-13-19-26-20(27-29-19)16-3-2-4-17(22)12-16;/h2-6,11-12H,7-10,13H2,1H3,(H2,23,24,25);1H. The van der Waals surface area contributed by atoms with E-state index in [4.69, 9.17) is 20.9 Å². The van der Waals surface area contributed by atoms with E-state index in [9.17, 15) is 0 Å². The van der Waals surface area contributed by atoms with Crippen LogP contribution in [0.25, 0.3) is 11.4 Å². The molecular weight excluding hydrogens is 517 g/mol. The van der Waals surface area contributed by atoms with Crippen LogP contribution in [0.1, 0.15) is 17.0 Å². The van der Waals surface area contributed by atoms with Crippen molar-refractivity contribution in [3.63, 3.8) is 0 Å². The van der Waals surface area contributed by atoms with Crippen LogP contribution in [-0.2, 0) is 19.4 Å². The minimum absolute atomic E-state index is 0. The number of rotatable bonds is 6. The number of guanidine groups is 1. The molecule has 2 heterocycles. The zero-order valence-electron chi connectivity index (χ0n) is 16.5. The van der Waals surface area contributed by atoms with Gasteiger partial charge in [0.05, 0.1) is 13.2 Å². The summed E-state index contributed by atoms with van der Waals surface area (Å²) in [5.74, 6) is 2.67. The normalized spacial score (nSPS) is 12.7. The van der Waals surface area contributed by atoms with Crippen LogP contribution >= 0.6 is 35.6 Å². The van der Waals surface area contributed by atoms with Gasteiger partial charge in [-0.25, -0.2) is 0 Å². The van der Waals surface area contributed by atoms with Gasteiger partial charge >= 0.3 is 0 Å². The first-order chi connectivity index (χ1) is 14.2. The minimum Gasteiger partial charge on any atom is -0.493 e. The van der Waals surface area contributed by atoms with Crippen LogP contribution in [0, 0.1) is 0 Å². The molecule has 7 nitrogen and oxygen atoms in total. The largest absolute Gasteiger partial charge is 0.493 e. The average molecular weight is 540 g/mol. The first kappa shape index (κ1) is 22.4. The number of aliphatic imine (C=N–C) groups is 1. The number of nitrogens with one attached hydrogen (secondary N) is 2. The van der Waals surface area contributed by atoms with E-state index >= 15 is 0 Å². The van der Waals surface area contributed by atoms with E-state index in [-0.39, 0.29) is 24.0 Å². The first-order valence-electron chi connectivity index (χ1n) is 9.49. The summed E-state index contributed by atoms with van der Waals surface area (Å²) in [6, 6.07) is 13.7. The van der Waals surface area contributed by atoms with Crippen LogP contribution in [0.5, 0.6) is 5.75 Å². The van der Waals surface area contributed by atoms with E-state index in [0.29, 0.717) is 29.2 Å². The van der Waals surface area contributed by atoms with E-state index in [2.05, 4.69) is 44.0 Å². The highest BCUT2D eigenvalue weighted by Crippen LogP contribution is 2.25. The molecule has 0 atom stereocenters. The first-order valence-corrected chi connectivity index (χ1v) is 9.87. The molecule has 1 aliphatic heterocycles. The van der Waals surface area contributed by atoms with E-state index < -0.39 is 0 Å². The quantitative estimate of drug-likeness (QED) is 0.281. The zero-order valence-corrected chi connectivity index (χ0v) is 19.6. The Morgan fingerprint density at radius 3 is 2.93 bits per heavy atom. The number of ether oxygens (including phenoxy) is 1. The van der Waals surface area contributed by atoms with Gasteiger partial charge in [-0.15, -0.1) is 24.0 Å². The van der Waals surface area contributed by atoms with Crippen LogP contribution in [0.15, 0.2) is 52.0 Å². The lowest BCUT2D eigenvalue weighted by atomic mass is 10.1. The van der Waals surface area contributed by atoms with Crippen molar-refractivity contribution in [1.82, 2.24) is 20.8 Å². The number of nitrogens with zero attached hydrogens (tertiary/aromatic N) is 3. The van der Waals surface area contributed by atoms with Gasteiger partial charge in [0, 0.05) is 30.6 Å². The molecule has 0 radical (unpaired) electrons. The second-order valence-electron chi connectivity index (χ2n) is 6.67. The Kier molecular flexibility index (Phi) is 7.92. The molecule has 9 heteroatoms. The van der Waals surface area contributed by atoms with Crippen molar-refractivity contribution in [3.8, 4) is 17.1 Å². The lowest BCUT2D eigenvalue weighted by Gasteiger charge is -2.10. The maximum atomic E-state index is 6.01. The number of aromatic nitrogens is 2. The van der Waals surface area contributed by atoms with Gasteiger partial charge in [-0.05, 0) is 35.7 Å². The van der Waals surface area contributed by atoms with Gasteiger partial charge in [0.25, 0.3) is 0 Å². The fourth-order valence-electron chi connectivity index (χ4n) is 3.17. The lowest BCUT2D eigenvalue weighted by molar-refractivity contribution is 0.357. The molecule has 2 aromatic carbocycles. The molecule has 0 aliphatic carbocycles. The summed E-state index contributed by atoms with van der Waals surface area (Å²) in [4.78, 5) is 8.63. The van der Waals surface area contributed by atoms with Gasteiger partial charge in [0.15, 0.2) is 5.96 Å². The highest BCUT2D eigenvalue weighted by atomic mass is 127. The Balaban J connectivity index is 0.00000256. The third-order valence-corrected chi connectivity index (χ3v) is 4.88. The summed E-state index contributed by atoms with van der Waals surface area (Å²) in [5.41, 5.74) is 3.38. The third-order valence-electron chi connectivity index (χ3n) is 4.64. The Bertz CT molecular complexity index is 1020. The van der Waals surface area contributed by atoms with Crippen molar-refractivity contribution in [2.75, 3.05) is 20.2 Å². The Hall–Kier alpha value is -2.33. The number of hydrogen-bond acceptors (Lipinski definition) is 5. The van der Waals surface area contributed by atoms with Crippen molar-refractivity contribution in [2.45, 2.75) is 19.4 Å². The Labute approximate surface area is 197 Å². The van der Waals surface area contributed by atoms with Crippen molar-refractivity contribution < 1.29 is 9.26 Å². The molecule has 30 heavy (non-hydrogen) atoms. The molecule has 0 unspecified atom stereocenters. The summed E-state index contributed by atoms with van der Waals surface area (Å²) in [6.45, 7) is 1.92. The van der Waals surface area contributed by atoms with E-state index in [1.165, 1.54) is 11.1 Å². The van der Waals surface area contributed by atoms with Crippen molar-refractivity contribution in [2.24, 2.45) is 4.99 Å². The number of hydrogen-bond donors (Lipinski definition) is 2. The average Bonchev–Trinajstić information content (AvgIpc) is 3.39. The van der Waals surface area contributed by atoms with Gasteiger partial charge in [-0.3, -0.25) is 4.99 Å². The summed E-state index contributed by atoms with van der Waals surface area (Å²) in [6.07, 6.45) is 1.88. The molecule has 158 valence electrons. The molecule has 2 N–H and O–H groups in total. The Morgan fingerprint density at radius 2 is 2.10 bits per heavy atom. The predicted molar refractivity (Wildman–Crippen MR) is 128 cm³/mol. The molecular formula is C21H23ClIN5O2. The van der Waals surface area contributed by atoms with Crippen molar-refractivity contribution >= 4 is 41.5 Å². The fraction of sp³-hybridized carbons (Fsp3) is 0.286. The molecule has 3 aromatic rings. The summed E-state index contributed by atoms with van der Waals surface area (Å²) >= 11 is 6.01. The number of halogens is 2. The molecule has 0 spiro atoms. The fourth-order valence-corrected chi connectivity index (χ4v) is 3.36. The smallest absolute Gasteiger partial charge is 0.246 e. The van der Waals surface area contributed by atoms with E-state index in [1.54, 1.807) is 19.2 Å².